The number of ether oxygens (including phenoxy) is 3. The van der Waals surface area contributed by atoms with Crippen LogP contribution < -0.4 is 14.8 Å². The number of benzene rings is 1. The monoisotopic (exact) mass is 298 g/mol. The van der Waals surface area contributed by atoms with Gasteiger partial charge >= 0.3 is 5.97 Å². The SMILES string of the molecule is CCNC(COc1ccc([N+](=O)[O-])cc1OC)C(=O)OC. The van der Waals surface area contributed by atoms with E-state index in [1.165, 1.54) is 32.4 Å². The molecular formula is C13H18N2O6. The van der Waals surface area contributed by atoms with Crippen molar-refractivity contribution in [3.05, 3.63) is 28.3 Å². The summed E-state index contributed by atoms with van der Waals surface area (Å²) in [5, 5.41) is 13.6. The van der Waals surface area contributed by atoms with Gasteiger partial charge in [0.25, 0.3) is 5.69 Å². The molecule has 0 radical (unpaired) electrons. The molecule has 0 aliphatic heterocycles. The van der Waals surface area contributed by atoms with Crippen LogP contribution >= 0.6 is 0 Å². The van der Waals surface area contributed by atoms with Gasteiger partial charge in [-0.1, -0.05) is 6.92 Å². The summed E-state index contributed by atoms with van der Waals surface area (Å²) in [5.74, 6) is 0.0944. The lowest BCUT2D eigenvalue weighted by atomic mass is 10.2. The number of carbonyl (C=O) groups is 1. The minimum Gasteiger partial charge on any atom is -0.493 e. The van der Waals surface area contributed by atoms with E-state index in [2.05, 4.69) is 10.1 Å². The molecule has 1 N–H and O–H groups in total. The number of nitro groups is 1. The van der Waals surface area contributed by atoms with E-state index in [-0.39, 0.29) is 18.0 Å². The number of nitrogens with one attached hydrogen (secondary N) is 1. The highest BCUT2D eigenvalue weighted by molar-refractivity contribution is 5.75. The molecule has 0 saturated heterocycles. The molecular weight excluding hydrogens is 280 g/mol. The quantitative estimate of drug-likeness (QED) is 0.436. The normalized spacial score (nSPS) is 11.6. The molecule has 0 aromatic heterocycles. The Hall–Kier alpha value is -2.35. The number of non-ortho nitro benzene ring substituents is 1. The van der Waals surface area contributed by atoms with Crippen molar-refractivity contribution >= 4 is 11.7 Å². The number of likely N-dealkylation sites (N-methyl/N-ethyl adjacent to an activating group) is 1. The maximum absolute atomic E-state index is 11.5. The number of nitro benzene ring substituents is 1. The molecule has 0 aliphatic carbocycles. The van der Waals surface area contributed by atoms with Gasteiger partial charge in [0, 0.05) is 6.07 Å². The topological polar surface area (TPSA) is 99.9 Å². The van der Waals surface area contributed by atoms with Gasteiger partial charge in [0.2, 0.25) is 0 Å². The second kappa shape index (κ2) is 8.05. The largest absolute Gasteiger partial charge is 0.493 e. The Morgan fingerprint density at radius 2 is 2.10 bits per heavy atom. The second-order valence-corrected chi connectivity index (χ2v) is 4.04. The summed E-state index contributed by atoms with van der Waals surface area (Å²) in [4.78, 5) is 21.7. The third-order valence-corrected chi connectivity index (χ3v) is 2.70. The zero-order valence-electron chi connectivity index (χ0n) is 12.1. The fraction of sp³-hybridized carbons (Fsp3) is 0.462. The highest BCUT2D eigenvalue weighted by atomic mass is 16.6. The molecule has 0 saturated carbocycles. The van der Waals surface area contributed by atoms with Gasteiger partial charge in [-0.05, 0) is 12.6 Å². The lowest BCUT2D eigenvalue weighted by molar-refractivity contribution is -0.385. The Balaban J connectivity index is 2.82. The lowest BCUT2D eigenvalue weighted by Crippen LogP contribution is -2.42. The van der Waals surface area contributed by atoms with Crippen LogP contribution in [0.3, 0.4) is 0 Å². The predicted molar refractivity (Wildman–Crippen MR) is 74.6 cm³/mol. The number of nitrogens with zero attached hydrogens (tertiary/aromatic N) is 1. The summed E-state index contributed by atoms with van der Waals surface area (Å²) >= 11 is 0. The number of hydrogen-bond acceptors (Lipinski definition) is 7. The van der Waals surface area contributed by atoms with E-state index < -0.39 is 16.9 Å². The fourth-order valence-electron chi connectivity index (χ4n) is 1.66. The first kappa shape index (κ1) is 16.7. The van der Waals surface area contributed by atoms with Crippen LogP contribution in [0, 0.1) is 10.1 Å². The minimum atomic E-state index is -0.625. The van der Waals surface area contributed by atoms with E-state index in [9.17, 15) is 14.9 Å². The summed E-state index contributed by atoms with van der Waals surface area (Å²) in [6, 6.07) is 3.37. The van der Waals surface area contributed by atoms with E-state index in [4.69, 9.17) is 9.47 Å². The van der Waals surface area contributed by atoms with Gasteiger partial charge in [-0.25, -0.2) is 0 Å². The molecule has 21 heavy (non-hydrogen) atoms. The molecule has 0 amide bonds. The van der Waals surface area contributed by atoms with Crippen LogP contribution in [0.1, 0.15) is 6.92 Å². The van der Waals surface area contributed by atoms with Crippen LogP contribution in [-0.2, 0) is 9.53 Å². The molecule has 1 atom stereocenters. The van der Waals surface area contributed by atoms with E-state index in [1.54, 1.807) is 0 Å². The van der Waals surface area contributed by atoms with Crippen molar-refractivity contribution < 1.29 is 23.9 Å². The van der Waals surface area contributed by atoms with Crippen molar-refractivity contribution in [3.63, 3.8) is 0 Å². The van der Waals surface area contributed by atoms with Crippen LogP contribution in [-0.4, -0.2) is 44.3 Å². The van der Waals surface area contributed by atoms with Gasteiger partial charge < -0.3 is 19.5 Å². The molecule has 116 valence electrons. The summed E-state index contributed by atoms with van der Waals surface area (Å²) in [7, 11) is 2.67. The van der Waals surface area contributed by atoms with Crippen molar-refractivity contribution in [1.82, 2.24) is 5.32 Å². The highest BCUT2D eigenvalue weighted by Gasteiger charge is 2.20. The lowest BCUT2D eigenvalue weighted by Gasteiger charge is -2.17. The zero-order chi connectivity index (χ0) is 15.8. The first-order chi connectivity index (χ1) is 10.0. The maximum Gasteiger partial charge on any atom is 0.326 e. The van der Waals surface area contributed by atoms with Crippen molar-refractivity contribution in [3.8, 4) is 11.5 Å². The Kier molecular flexibility index (Phi) is 6.41. The van der Waals surface area contributed by atoms with Crippen molar-refractivity contribution in [2.24, 2.45) is 0 Å². The van der Waals surface area contributed by atoms with E-state index in [1.807, 2.05) is 6.92 Å². The number of methoxy groups -OCH3 is 2. The first-order valence-electron chi connectivity index (χ1n) is 6.29. The minimum absolute atomic E-state index is 0.0225. The summed E-state index contributed by atoms with van der Waals surface area (Å²) in [6.07, 6.45) is 0. The molecule has 8 heteroatoms. The van der Waals surface area contributed by atoms with Crippen LogP contribution in [0.15, 0.2) is 18.2 Å². The summed E-state index contributed by atoms with van der Waals surface area (Å²) in [5.41, 5.74) is -0.101. The molecule has 1 unspecified atom stereocenters. The summed E-state index contributed by atoms with van der Waals surface area (Å²) < 4.78 is 15.2. The summed E-state index contributed by atoms with van der Waals surface area (Å²) in [6.45, 7) is 2.44. The van der Waals surface area contributed by atoms with Crippen LogP contribution in [0.4, 0.5) is 5.69 Å². The average molecular weight is 298 g/mol. The Labute approximate surface area is 122 Å². The second-order valence-electron chi connectivity index (χ2n) is 4.04. The zero-order valence-corrected chi connectivity index (χ0v) is 12.1. The van der Waals surface area contributed by atoms with Gasteiger partial charge in [0.15, 0.2) is 11.5 Å². The standard InChI is InChI=1S/C13H18N2O6/c1-4-14-10(13(16)20-3)8-21-11-6-5-9(15(17)18)7-12(11)19-2/h5-7,10,14H,4,8H2,1-3H3. The molecule has 0 fully saturated rings. The molecule has 0 spiro atoms. The fourth-order valence-corrected chi connectivity index (χ4v) is 1.66. The molecule has 0 aliphatic rings. The maximum atomic E-state index is 11.5. The van der Waals surface area contributed by atoms with Crippen molar-refractivity contribution in [1.29, 1.82) is 0 Å². The van der Waals surface area contributed by atoms with Crippen molar-refractivity contribution in [2.45, 2.75) is 13.0 Å². The van der Waals surface area contributed by atoms with Crippen molar-refractivity contribution in [2.75, 3.05) is 27.4 Å². The highest BCUT2D eigenvalue weighted by Crippen LogP contribution is 2.31. The molecule has 1 aromatic rings. The number of rotatable bonds is 8. The van der Waals surface area contributed by atoms with Crippen LogP contribution in [0.2, 0.25) is 0 Å². The Morgan fingerprint density at radius 3 is 2.62 bits per heavy atom. The Morgan fingerprint density at radius 1 is 1.38 bits per heavy atom. The number of esters is 1. The smallest absolute Gasteiger partial charge is 0.326 e. The first-order valence-corrected chi connectivity index (χ1v) is 6.29. The van der Waals surface area contributed by atoms with Crippen LogP contribution in [0.25, 0.3) is 0 Å². The van der Waals surface area contributed by atoms with Gasteiger partial charge in [-0.2, -0.15) is 0 Å². The van der Waals surface area contributed by atoms with Gasteiger partial charge in [0.05, 0.1) is 25.2 Å². The predicted octanol–water partition coefficient (Wildman–Crippen LogP) is 1.13. The number of carbonyl (C=O) groups excluding carboxylic acids is 1. The molecule has 0 heterocycles. The molecule has 1 aromatic carbocycles. The molecule has 0 bridgehead atoms. The Bertz CT molecular complexity index is 505. The molecule has 1 rings (SSSR count). The van der Waals surface area contributed by atoms with Gasteiger partial charge in [0.1, 0.15) is 12.6 Å². The van der Waals surface area contributed by atoms with E-state index in [0.29, 0.717) is 12.3 Å². The van der Waals surface area contributed by atoms with E-state index >= 15 is 0 Å². The van der Waals surface area contributed by atoms with Gasteiger partial charge in [-0.15, -0.1) is 0 Å². The number of hydrogen-bond donors (Lipinski definition) is 1. The molecule has 8 nitrogen and oxygen atoms in total. The van der Waals surface area contributed by atoms with Gasteiger partial charge in [-0.3, -0.25) is 14.9 Å². The van der Waals surface area contributed by atoms with E-state index in [0.717, 1.165) is 0 Å². The third kappa shape index (κ3) is 4.60. The third-order valence-electron chi connectivity index (χ3n) is 2.70. The average Bonchev–Trinajstić information content (AvgIpc) is 2.50. The van der Waals surface area contributed by atoms with Crippen LogP contribution in [0.5, 0.6) is 11.5 Å².